The number of fused-ring (bicyclic) bond motifs is 1. The first kappa shape index (κ1) is 20.2. The largest absolute Gasteiger partial charge is 0.510 e. The monoisotopic (exact) mass is 419 g/mol. The van der Waals surface area contributed by atoms with Gasteiger partial charge in [0.25, 0.3) is 0 Å². The van der Waals surface area contributed by atoms with Gasteiger partial charge in [0.1, 0.15) is 17.2 Å². The number of benzene rings is 1. The van der Waals surface area contributed by atoms with E-state index in [1.807, 2.05) is 24.3 Å². The molecule has 28 heavy (non-hydrogen) atoms. The molecule has 2 aromatic heterocycles. The van der Waals surface area contributed by atoms with E-state index in [0.29, 0.717) is 15.8 Å². The van der Waals surface area contributed by atoms with Crippen LogP contribution in [0.15, 0.2) is 34.4 Å². The molecule has 8 nitrogen and oxygen atoms in total. The molecule has 1 aromatic carbocycles. The number of nitrogens with zero attached hydrogens (tertiary/aromatic N) is 3. The van der Waals surface area contributed by atoms with Crippen molar-refractivity contribution in [3.05, 3.63) is 35.8 Å². The van der Waals surface area contributed by atoms with E-state index in [9.17, 15) is 9.90 Å². The minimum atomic E-state index is -0.659. The first-order valence-corrected chi connectivity index (χ1v) is 10.4. The number of anilines is 1. The van der Waals surface area contributed by atoms with Gasteiger partial charge in [-0.25, -0.2) is 9.78 Å². The summed E-state index contributed by atoms with van der Waals surface area (Å²) in [4.78, 5) is 19.7. The third kappa shape index (κ3) is 4.82. The van der Waals surface area contributed by atoms with E-state index in [4.69, 9.17) is 4.74 Å². The fourth-order valence-corrected chi connectivity index (χ4v) is 3.99. The molecule has 3 rings (SSSR count). The van der Waals surface area contributed by atoms with Crippen molar-refractivity contribution in [3.63, 3.8) is 0 Å². The zero-order valence-corrected chi connectivity index (χ0v) is 17.4. The lowest BCUT2D eigenvalue weighted by atomic mass is 10.2. The van der Waals surface area contributed by atoms with Crippen molar-refractivity contribution in [2.45, 2.75) is 18.2 Å². The average molecular weight is 420 g/mol. The number of aliphatic hydroxyl groups excluding tert-OH is 1. The SMILES string of the molecule is COC(=O)/C(=C(/O)CSc1nnc(NCC(C)C)s1)c1nc2ccccc2[nH]1. The van der Waals surface area contributed by atoms with E-state index < -0.39 is 5.97 Å². The highest BCUT2D eigenvalue weighted by atomic mass is 32.2. The van der Waals surface area contributed by atoms with Crippen molar-refractivity contribution in [1.82, 2.24) is 20.2 Å². The van der Waals surface area contributed by atoms with Gasteiger partial charge in [-0.1, -0.05) is 49.1 Å². The predicted molar refractivity (Wildman–Crippen MR) is 112 cm³/mol. The lowest BCUT2D eigenvalue weighted by Crippen LogP contribution is -2.09. The number of aromatic nitrogens is 4. The van der Waals surface area contributed by atoms with Crippen LogP contribution in [0, 0.1) is 5.92 Å². The van der Waals surface area contributed by atoms with Gasteiger partial charge in [-0.2, -0.15) is 0 Å². The van der Waals surface area contributed by atoms with Crippen LogP contribution in [0.1, 0.15) is 19.7 Å². The summed E-state index contributed by atoms with van der Waals surface area (Å²) < 4.78 is 5.52. The molecule has 0 aliphatic rings. The number of esters is 1. The maximum absolute atomic E-state index is 12.3. The second-order valence-corrected chi connectivity index (χ2v) is 8.55. The Labute approximate surface area is 170 Å². The van der Waals surface area contributed by atoms with Crippen LogP contribution in [0.2, 0.25) is 0 Å². The summed E-state index contributed by atoms with van der Waals surface area (Å²) in [5, 5.41) is 22.7. The molecule has 0 spiro atoms. The molecule has 0 bridgehead atoms. The molecule has 0 saturated heterocycles. The molecule has 0 aliphatic carbocycles. The van der Waals surface area contributed by atoms with E-state index in [1.165, 1.54) is 30.2 Å². The van der Waals surface area contributed by atoms with E-state index in [-0.39, 0.29) is 22.9 Å². The summed E-state index contributed by atoms with van der Waals surface area (Å²) in [7, 11) is 1.27. The first-order chi connectivity index (χ1) is 13.5. The maximum atomic E-state index is 12.3. The Kier molecular flexibility index (Phi) is 6.53. The van der Waals surface area contributed by atoms with E-state index in [2.05, 4.69) is 39.3 Å². The Morgan fingerprint density at radius 3 is 2.86 bits per heavy atom. The molecule has 0 unspecified atom stereocenters. The number of methoxy groups -OCH3 is 1. The van der Waals surface area contributed by atoms with Crippen molar-refractivity contribution >= 4 is 50.8 Å². The van der Waals surface area contributed by atoms with Crippen LogP contribution in [0.3, 0.4) is 0 Å². The average Bonchev–Trinajstić information content (AvgIpc) is 3.31. The van der Waals surface area contributed by atoms with Crippen LogP contribution < -0.4 is 5.32 Å². The Balaban J connectivity index is 1.78. The molecule has 0 aliphatic heterocycles. The summed E-state index contributed by atoms with van der Waals surface area (Å²) >= 11 is 2.69. The van der Waals surface area contributed by atoms with Gasteiger partial charge >= 0.3 is 5.97 Å². The van der Waals surface area contributed by atoms with Crippen molar-refractivity contribution in [3.8, 4) is 0 Å². The molecule has 0 amide bonds. The number of carbonyl (C=O) groups is 1. The van der Waals surface area contributed by atoms with Crippen molar-refractivity contribution in [2.75, 3.05) is 24.7 Å². The molecule has 148 valence electrons. The number of imidazole rings is 1. The molecule has 2 heterocycles. The van der Waals surface area contributed by atoms with Gasteiger partial charge < -0.3 is 20.1 Å². The predicted octanol–water partition coefficient (Wildman–Crippen LogP) is 3.72. The number of rotatable bonds is 8. The number of thioether (sulfide) groups is 1. The zero-order valence-electron chi connectivity index (χ0n) is 15.7. The number of hydrogen-bond acceptors (Lipinski definition) is 9. The molecule has 0 saturated carbocycles. The lowest BCUT2D eigenvalue weighted by molar-refractivity contribution is -0.133. The molecule has 0 radical (unpaired) electrons. The Hall–Kier alpha value is -2.59. The standard InChI is InChI=1S/C18H21N5O3S2/c1-10(2)8-19-17-22-23-18(28-17)27-9-13(24)14(16(25)26-3)15-20-11-6-4-5-7-12(11)21-15/h4-7,10,24H,8-9H2,1-3H3,(H,19,22)(H,20,21)/b14-13+. The number of nitrogens with one attached hydrogen (secondary N) is 2. The number of hydrogen-bond donors (Lipinski definition) is 3. The minimum absolute atomic E-state index is 0.00821. The second kappa shape index (κ2) is 9.07. The molecular weight excluding hydrogens is 398 g/mol. The topological polar surface area (TPSA) is 113 Å². The van der Waals surface area contributed by atoms with Gasteiger partial charge in [0, 0.05) is 6.54 Å². The summed E-state index contributed by atoms with van der Waals surface area (Å²) in [6.45, 7) is 5.03. The van der Waals surface area contributed by atoms with Crippen LogP contribution >= 0.6 is 23.1 Å². The second-order valence-electron chi connectivity index (χ2n) is 6.35. The molecule has 0 atom stereocenters. The number of aromatic amines is 1. The Morgan fingerprint density at radius 2 is 2.14 bits per heavy atom. The molecule has 10 heteroatoms. The van der Waals surface area contributed by atoms with Crippen LogP contribution in [0.4, 0.5) is 5.13 Å². The Morgan fingerprint density at radius 1 is 1.36 bits per heavy atom. The quantitative estimate of drug-likeness (QED) is 0.219. The van der Waals surface area contributed by atoms with Crippen LogP contribution in [0.25, 0.3) is 16.6 Å². The number of ether oxygens (including phenoxy) is 1. The van der Waals surface area contributed by atoms with Crippen molar-refractivity contribution in [1.29, 1.82) is 0 Å². The third-order valence-electron chi connectivity index (χ3n) is 3.70. The van der Waals surface area contributed by atoms with Gasteiger partial charge in [0.05, 0.1) is 23.9 Å². The normalized spacial score (nSPS) is 12.3. The number of carbonyl (C=O) groups excluding carboxylic acids is 1. The van der Waals surface area contributed by atoms with E-state index in [1.54, 1.807) is 0 Å². The van der Waals surface area contributed by atoms with E-state index in [0.717, 1.165) is 17.2 Å². The highest BCUT2D eigenvalue weighted by molar-refractivity contribution is 8.01. The fourth-order valence-electron chi connectivity index (χ4n) is 2.36. The molecule has 3 N–H and O–H groups in total. The smallest absolute Gasteiger partial charge is 0.345 e. The number of para-hydroxylation sites is 2. The van der Waals surface area contributed by atoms with Crippen LogP contribution in [0.5, 0.6) is 0 Å². The summed E-state index contributed by atoms with van der Waals surface area (Å²) in [6, 6.07) is 7.38. The highest BCUT2D eigenvalue weighted by Crippen LogP contribution is 2.29. The Bertz CT molecular complexity index is 963. The molecule has 3 aromatic rings. The summed E-state index contributed by atoms with van der Waals surface area (Å²) in [5.74, 6) is 0.109. The number of H-pyrrole nitrogens is 1. The summed E-state index contributed by atoms with van der Waals surface area (Å²) in [6.07, 6.45) is 0. The van der Waals surface area contributed by atoms with Gasteiger partial charge in [-0.05, 0) is 18.1 Å². The van der Waals surface area contributed by atoms with Gasteiger partial charge in [0.15, 0.2) is 4.34 Å². The van der Waals surface area contributed by atoms with E-state index >= 15 is 0 Å². The van der Waals surface area contributed by atoms with Gasteiger partial charge in [0.2, 0.25) is 5.13 Å². The van der Waals surface area contributed by atoms with Crippen LogP contribution in [-0.4, -0.2) is 50.6 Å². The highest BCUT2D eigenvalue weighted by Gasteiger charge is 2.22. The first-order valence-electron chi connectivity index (χ1n) is 8.63. The maximum Gasteiger partial charge on any atom is 0.345 e. The van der Waals surface area contributed by atoms with Gasteiger partial charge in [-0.3, -0.25) is 0 Å². The minimum Gasteiger partial charge on any atom is -0.510 e. The van der Waals surface area contributed by atoms with Crippen molar-refractivity contribution < 1.29 is 14.6 Å². The van der Waals surface area contributed by atoms with Crippen LogP contribution in [-0.2, 0) is 9.53 Å². The fraction of sp³-hybridized carbons (Fsp3) is 0.333. The third-order valence-corrected chi connectivity index (χ3v) is 5.73. The van der Waals surface area contributed by atoms with Crippen molar-refractivity contribution in [2.24, 2.45) is 5.92 Å². The zero-order chi connectivity index (χ0) is 20.1. The molecule has 0 fully saturated rings. The summed E-state index contributed by atoms with van der Waals surface area (Å²) in [5.41, 5.74) is 1.47. The molecular formula is C18H21N5O3S2. The van der Waals surface area contributed by atoms with Gasteiger partial charge in [-0.15, -0.1) is 10.2 Å². The number of aliphatic hydroxyl groups is 1. The lowest BCUT2D eigenvalue weighted by Gasteiger charge is -2.06.